The predicted molar refractivity (Wildman–Crippen MR) is 68.5 cm³/mol. The lowest BCUT2D eigenvalue weighted by molar-refractivity contribution is -0.139. The number of hydrogen-bond acceptors (Lipinski definition) is 2. The van der Waals surface area contributed by atoms with Gasteiger partial charge in [0.05, 0.1) is 12.1 Å². The summed E-state index contributed by atoms with van der Waals surface area (Å²) in [7, 11) is 0. The summed E-state index contributed by atoms with van der Waals surface area (Å²) in [5, 5.41) is 12.0. The molecule has 5 heteroatoms. The lowest BCUT2D eigenvalue weighted by Crippen LogP contribution is -2.30. The zero-order valence-electron chi connectivity index (χ0n) is 11.1. The predicted octanol–water partition coefficient (Wildman–Crippen LogP) is 1.87. The van der Waals surface area contributed by atoms with Crippen LogP contribution in [0.5, 0.6) is 0 Å². The van der Waals surface area contributed by atoms with E-state index >= 15 is 0 Å². The molecule has 0 radical (unpaired) electrons. The number of amides is 1. The summed E-state index contributed by atoms with van der Waals surface area (Å²) in [6.45, 7) is 3.78. The molecule has 0 saturated carbocycles. The minimum Gasteiger partial charge on any atom is -0.389 e. The fraction of sp³-hybridized carbons (Fsp3) is 0.643. The van der Waals surface area contributed by atoms with Gasteiger partial charge in [-0.3, -0.25) is 4.79 Å². The Morgan fingerprint density at radius 1 is 1.58 bits per heavy atom. The fourth-order valence-electron chi connectivity index (χ4n) is 1.73. The second-order valence-electron chi connectivity index (χ2n) is 4.75. The molecule has 1 aliphatic rings. The van der Waals surface area contributed by atoms with Gasteiger partial charge in [0, 0.05) is 19.3 Å². The lowest BCUT2D eigenvalue weighted by atomic mass is 10.00. The van der Waals surface area contributed by atoms with Gasteiger partial charge in [0.1, 0.15) is 0 Å². The van der Waals surface area contributed by atoms with Crippen LogP contribution in [0.3, 0.4) is 0 Å². The van der Waals surface area contributed by atoms with Gasteiger partial charge in [0.2, 0.25) is 0 Å². The summed E-state index contributed by atoms with van der Waals surface area (Å²) in [6.07, 6.45) is 2.88. The Bertz CT molecular complexity index is 409. The van der Waals surface area contributed by atoms with Crippen molar-refractivity contribution in [3.63, 3.8) is 0 Å². The first-order valence-corrected chi connectivity index (χ1v) is 6.37. The van der Waals surface area contributed by atoms with E-state index in [1.807, 2.05) is 13.8 Å². The Morgan fingerprint density at radius 3 is 2.79 bits per heavy atom. The van der Waals surface area contributed by atoms with Crippen LogP contribution in [0.2, 0.25) is 0 Å². The molecule has 1 aliphatic heterocycles. The zero-order valence-corrected chi connectivity index (χ0v) is 11.1. The molecule has 1 fully saturated rings. The van der Waals surface area contributed by atoms with E-state index in [1.54, 1.807) is 0 Å². The van der Waals surface area contributed by atoms with E-state index in [9.17, 15) is 18.7 Å². The third-order valence-corrected chi connectivity index (χ3v) is 2.97. The van der Waals surface area contributed by atoms with Crippen LogP contribution in [-0.2, 0) is 4.79 Å². The minimum absolute atomic E-state index is 0.0760. The monoisotopic (exact) mass is 271 g/mol. The van der Waals surface area contributed by atoms with Gasteiger partial charge in [-0.1, -0.05) is 26.0 Å². The summed E-state index contributed by atoms with van der Waals surface area (Å²) in [6, 6.07) is -0.717. The quantitative estimate of drug-likeness (QED) is 0.606. The molecule has 1 amide bonds. The third-order valence-electron chi connectivity index (χ3n) is 2.97. The van der Waals surface area contributed by atoms with E-state index in [4.69, 9.17) is 0 Å². The molecule has 0 spiro atoms. The molecule has 0 aliphatic carbocycles. The molecule has 2 N–H and O–H groups in total. The van der Waals surface area contributed by atoms with Gasteiger partial charge in [0.25, 0.3) is 5.91 Å². The van der Waals surface area contributed by atoms with Gasteiger partial charge in [-0.2, -0.15) is 8.78 Å². The van der Waals surface area contributed by atoms with Gasteiger partial charge in [-0.15, -0.1) is 11.8 Å². The van der Waals surface area contributed by atoms with Gasteiger partial charge in [0.15, 0.2) is 0 Å². The zero-order chi connectivity index (χ0) is 14.5. The Kier molecular flexibility index (Phi) is 5.49. The highest BCUT2D eigenvalue weighted by atomic mass is 19.3. The molecule has 0 aromatic carbocycles. The number of aliphatic hydroxyl groups is 1. The molecule has 0 aromatic heterocycles. The number of rotatable bonds is 4. The Hall–Kier alpha value is -1.41. The molecular formula is C14H19F2NO2. The van der Waals surface area contributed by atoms with Crippen molar-refractivity contribution in [2.24, 2.45) is 5.92 Å². The summed E-state index contributed by atoms with van der Waals surface area (Å²) in [5.74, 6) is 1.20. The van der Waals surface area contributed by atoms with Crippen LogP contribution in [-0.4, -0.2) is 29.1 Å². The average Bonchev–Trinajstić information content (AvgIpc) is 2.60. The van der Waals surface area contributed by atoms with E-state index in [1.165, 1.54) is 12.2 Å². The molecular weight excluding hydrogens is 252 g/mol. The van der Waals surface area contributed by atoms with Crippen LogP contribution < -0.4 is 5.32 Å². The topological polar surface area (TPSA) is 49.3 Å². The van der Waals surface area contributed by atoms with Crippen molar-refractivity contribution < 1.29 is 18.7 Å². The number of aliphatic hydroxyl groups excluding tert-OH is 1. The van der Waals surface area contributed by atoms with E-state index in [0.29, 0.717) is 6.42 Å². The highest BCUT2D eigenvalue weighted by molar-refractivity contribution is 5.86. The van der Waals surface area contributed by atoms with E-state index < -0.39 is 30.4 Å². The van der Waals surface area contributed by atoms with Crippen molar-refractivity contribution in [3.8, 4) is 11.8 Å². The van der Waals surface area contributed by atoms with Crippen LogP contribution in [0.1, 0.15) is 33.1 Å². The average molecular weight is 271 g/mol. The minimum atomic E-state index is -3.31. The second-order valence-corrected chi connectivity index (χ2v) is 4.75. The molecule has 3 atom stereocenters. The smallest absolute Gasteiger partial charge is 0.326 e. The summed E-state index contributed by atoms with van der Waals surface area (Å²) in [4.78, 5) is 10.9. The number of carbonyl (C=O) groups excluding carboxylic acids is 1. The number of carbonyl (C=O) groups is 1. The Balaban J connectivity index is 2.46. The van der Waals surface area contributed by atoms with Crippen molar-refractivity contribution in [2.75, 3.05) is 0 Å². The molecule has 3 nitrogen and oxygen atoms in total. The third kappa shape index (κ3) is 4.64. The van der Waals surface area contributed by atoms with Crippen LogP contribution in [0.25, 0.3) is 0 Å². The van der Waals surface area contributed by atoms with Crippen molar-refractivity contribution in [1.82, 2.24) is 5.32 Å². The number of nitrogens with one attached hydrogen (secondary N) is 1. The van der Waals surface area contributed by atoms with Crippen molar-refractivity contribution in [1.29, 1.82) is 0 Å². The van der Waals surface area contributed by atoms with Crippen LogP contribution in [0.4, 0.5) is 8.78 Å². The van der Waals surface area contributed by atoms with Gasteiger partial charge >= 0.3 is 5.92 Å². The molecule has 106 valence electrons. The number of hydrogen-bond donors (Lipinski definition) is 2. The van der Waals surface area contributed by atoms with Crippen LogP contribution in [0.15, 0.2) is 12.2 Å². The summed E-state index contributed by atoms with van der Waals surface area (Å²) >= 11 is 0. The maximum absolute atomic E-state index is 12.9. The molecule has 19 heavy (non-hydrogen) atoms. The van der Waals surface area contributed by atoms with Gasteiger partial charge in [-0.05, 0) is 5.92 Å². The maximum Gasteiger partial charge on any atom is 0.326 e. The first-order valence-electron chi connectivity index (χ1n) is 6.37. The van der Waals surface area contributed by atoms with Crippen LogP contribution >= 0.6 is 0 Å². The summed E-state index contributed by atoms with van der Waals surface area (Å²) in [5.41, 5.74) is 0. The first kappa shape index (κ1) is 15.6. The maximum atomic E-state index is 12.9. The van der Waals surface area contributed by atoms with Crippen LogP contribution in [0, 0.1) is 17.8 Å². The van der Waals surface area contributed by atoms with E-state index in [-0.39, 0.29) is 5.92 Å². The standard InChI is InChI=1S/C14H19F2NO2/c1-3-4-5-6-10(2)12(18)8-7-11-9-14(15,16)13(19)17-11/h7-8,10-12,18H,3,6,9H2,1-2H3,(H,17,19)/b8-7+/t10-,11+,12-/m1/s1. The Labute approximate surface area is 112 Å². The summed E-state index contributed by atoms with van der Waals surface area (Å²) < 4.78 is 25.9. The van der Waals surface area contributed by atoms with Crippen molar-refractivity contribution in [2.45, 2.75) is 51.2 Å². The largest absolute Gasteiger partial charge is 0.389 e. The lowest BCUT2D eigenvalue weighted by Gasteiger charge is -2.13. The molecule has 1 saturated heterocycles. The highest BCUT2D eigenvalue weighted by Gasteiger charge is 2.47. The van der Waals surface area contributed by atoms with Gasteiger partial charge < -0.3 is 10.4 Å². The molecule has 1 heterocycles. The first-order chi connectivity index (χ1) is 8.86. The van der Waals surface area contributed by atoms with E-state index in [0.717, 1.165) is 6.42 Å². The van der Waals surface area contributed by atoms with Gasteiger partial charge in [-0.25, -0.2) is 0 Å². The van der Waals surface area contributed by atoms with E-state index in [2.05, 4.69) is 17.2 Å². The normalized spacial score (nSPS) is 24.7. The Morgan fingerprint density at radius 2 is 2.26 bits per heavy atom. The SMILES string of the molecule is CCC#CC[C@@H](C)[C@H](O)/C=C/[C@H]1CC(F)(F)C(=O)N1. The molecule has 0 aromatic rings. The molecule has 0 unspecified atom stereocenters. The number of alkyl halides is 2. The molecule has 1 rings (SSSR count). The second kappa shape index (κ2) is 6.67. The highest BCUT2D eigenvalue weighted by Crippen LogP contribution is 2.27. The van der Waals surface area contributed by atoms with Crippen molar-refractivity contribution >= 4 is 5.91 Å². The number of halogens is 2. The fourth-order valence-corrected chi connectivity index (χ4v) is 1.73. The molecule has 0 bridgehead atoms. The van der Waals surface area contributed by atoms with Crippen molar-refractivity contribution in [3.05, 3.63) is 12.2 Å².